The Balaban J connectivity index is 2.06. The molecule has 20 heavy (non-hydrogen) atoms. The summed E-state index contributed by atoms with van der Waals surface area (Å²) in [7, 11) is 0. The van der Waals surface area contributed by atoms with Gasteiger partial charge in [-0.2, -0.15) is 5.10 Å². The van der Waals surface area contributed by atoms with Gasteiger partial charge in [-0.15, -0.1) is 0 Å². The van der Waals surface area contributed by atoms with E-state index in [1.807, 2.05) is 16.9 Å². The predicted molar refractivity (Wildman–Crippen MR) is 79.1 cm³/mol. The molecule has 2 aromatic rings. The summed E-state index contributed by atoms with van der Waals surface area (Å²) in [5.74, 6) is -0.0449. The molecule has 106 valence electrons. The lowest BCUT2D eigenvalue weighted by Crippen LogP contribution is -2.10. The normalized spacial score (nSPS) is 11.0. The Morgan fingerprint density at radius 1 is 1.30 bits per heavy atom. The maximum atomic E-state index is 12.1. The number of nitrogens with zero attached hydrogens (tertiary/aromatic N) is 3. The number of hydrogen-bond donors (Lipinski definition) is 0. The van der Waals surface area contributed by atoms with Crippen LogP contribution in [-0.4, -0.2) is 20.5 Å². The number of hydrogen-bond acceptors (Lipinski definition) is 3. The van der Waals surface area contributed by atoms with Crippen molar-refractivity contribution in [3.8, 4) is 0 Å². The SMILES string of the molecule is CCC(CC)n1ccc(CC(=O)c2ccc(Cl)cn2)n1. The zero-order valence-electron chi connectivity index (χ0n) is 11.7. The maximum Gasteiger partial charge on any atom is 0.187 e. The van der Waals surface area contributed by atoms with Gasteiger partial charge in [-0.3, -0.25) is 14.5 Å². The first-order valence-electron chi connectivity index (χ1n) is 6.82. The third-order valence-corrected chi connectivity index (χ3v) is 3.56. The molecular formula is C15H18ClN3O. The van der Waals surface area contributed by atoms with Crippen LogP contribution in [0.1, 0.15) is 48.9 Å². The standard InChI is InChI=1S/C15H18ClN3O/c1-3-13(4-2)19-8-7-12(18-19)9-15(20)14-6-5-11(16)10-17-14/h5-8,10,13H,3-4,9H2,1-2H3. The summed E-state index contributed by atoms with van der Waals surface area (Å²) >= 11 is 5.76. The number of halogens is 1. The minimum atomic E-state index is -0.0449. The molecule has 5 heteroatoms. The third kappa shape index (κ3) is 3.45. The van der Waals surface area contributed by atoms with Crippen LogP contribution in [0.25, 0.3) is 0 Å². The molecule has 0 saturated carbocycles. The first kappa shape index (κ1) is 14.7. The van der Waals surface area contributed by atoms with E-state index in [-0.39, 0.29) is 12.2 Å². The van der Waals surface area contributed by atoms with Crippen molar-refractivity contribution in [2.45, 2.75) is 39.2 Å². The molecule has 2 aromatic heterocycles. The summed E-state index contributed by atoms with van der Waals surface area (Å²) in [5.41, 5.74) is 1.20. The van der Waals surface area contributed by atoms with Gasteiger partial charge in [0.2, 0.25) is 0 Å². The van der Waals surface area contributed by atoms with Crippen molar-refractivity contribution >= 4 is 17.4 Å². The number of carbonyl (C=O) groups is 1. The van der Waals surface area contributed by atoms with Gasteiger partial charge in [0.05, 0.1) is 23.2 Å². The van der Waals surface area contributed by atoms with E-state index in [2.05, 4.69) is 23.9 Å². The molecule has 0 aromatic carbocycles. The fourth-order valence-corrected chi connectivity index (χ4v) is 2.25. The second kappa shape index (κ2) is 6.66. The van der Waals surface area contributed by atoms with Crippen molar-refractivity contribution in [1.82, 2.24) is 14.8 Å². The minimum absolute atomic E-state index is 0.0449. The van der Waals surface area contributed by atoms with E-state index in [4.69, 9.17) is 11.6 Å². The van der Waals surface area contributed by atoms with Gasteiger partial charge >= 0.3 is 0 Å². The molecule has 2 heterocycles. The molecule has 0 bridgehead atoms. The predicted octanol–water partition coefficient (Wildman–Crippen LogP) is 3.72. The van der Waals surface area contributed by atoms with Crippen LogP contribution in [0.2, 0.25) is 5.02 Å². The second-order valence-electron chi connectivity index (χ2n) is 4.72. The van der Waals surface area contributed by atoms with E-state index >= 15 is 0 Å². The highest BCUT2D eigenvalue weighted by Crippen LogP contribution is 2.15. The number of ketones is 1. The summed E-state index contributed by atoms with van der Waals surface area (Å²) in [6, 6.07) is 5.60. The zero-order chi connectivity index (χ0) is 14.5. The van der Waals surface area contributed by atoms with E-state index in [1.54, 1.807) is 12.1 Å². The Hall–Kier alpha value is -1.68. The van der Waals surface area contributed by atoms with Crippen LogP contribution in [-0.2, 0) is 6.42 Å². The largest absolute Gasteiger partial charge is 0.292 e. The Labute approximate surface area is 123 Å². The highest BCUT2D eigenvalue weighted by Gasteiger charge is 2.12. The summed E-state index contributed by atoms with van der Waals surface area (Å²) < 4.78 is 1.94. The average Bonchev–Trinajstić information content (AvgIpc) is 2.89. The number of Topliss-reactive ketones (excluding diaryl/α,β-unsaturated/α-hetero) is 1. The van der Waals surface area contributed by atoms with Gasteiger partial charge in [0, 0.05) is 12.4 Å². The quantitative estimate of drug-likeness (QED) is 0.762. The van der Waals surface area contributed by atoms with Gasteiger partial charge in [-0.05, 0) is 31.0 Å². The van der Waals surface area contributed by atoms with Crippen molar-refractivity contribution in [3.05, 3.63) is 47.0 Å². The van der Waals surface area contributed by atoms with Crippen molar-refractivity contribution in [1.29, 1.82) is 0 Å². The van der Waals surface area contributed by atoms with Gasteiger partial charge < -0.3 is 0 Å². The summed E-state index contributed by atoms with van der Waals surface area (Å²) in [6.45, 7) is 4.27. The molecule has 0 unspecified atom stereocenters. The topological polar surface area (TPSA) is 47.8 Å². The smallest absolute Gasteiger partial charge is 0.187 e. The fourth-order valence-electron chi connectivity index (χ4n) is 2.13. The number of carbonyl (C=O) groups excluding carboxylic acids is 1. The van der Waals surface area contributed by atoms with Crippen molar-refractivity contribution in [2.75, 3.05) is 0 Å². The maximum absolute atomic E-state index is 12.1. The number of pyridine rings is 1. The molecule has 0 radical (unpaired) electrons. The van der Waals surface area contributed by atoms with E-state index < -0.39 is 0 Å². The Morgan fingerprint density at radius 3 is 2.65 bits per heavy atom. The van der Waals surface area contributed by atoms with Crippen LogP contribution in [0.5, 0.6) is 0 Å². The van der Waals surface area contributed by atoms with Crippen LogP contribution < -0.4 is 0 Å². The Bertz CT molecular complexity index is 573. The Morgan fingerprint density at radius 2 is 2.05 bits per heavy atom. The lowest BCUT2D eigenvalue weighted by molar-refractivity contribution is 0.0987. The molecule has 0 saturated heterocycles. The monoisotopic (exact) mass is 291 g/mol. The van der Waals surface area contributed by atoms with E-state index in [1.165, 1.54) is 6.20 Å². The molecule has 0 amide bonds. The van der Waals surface area contributed by atoms with Gasteiger partial charge in [-0.1, -0.05) is 25.4 Å². The summed E-state index contributed by atoms with van der Waals surface area (Å²) in [4.78, 5) is 16.1. The van der Waals surface area contributed by atoms with Crippen LogP contribution >= 0.6 is 11.6 Å². The molecule has 0 aliphatic carbocycles. The first-order chi connectivity index (χ1) is 9.63. The lowest BCUT2D eigenvalue weighted by Gasteiger charge is -2.12. The summed E-state index contributed by atoms with van der Waals surface area (Å²) in [6.07, 6.45) is 5.75. The number of aromatic nitrogens is 3. The van der Waals surface area contributed by atoms with E-state index in [0.29, 0.717) is 16.8 Å². The van der Waals surface area contributed by atoms with E-state index in [0.717, 1.165) is 18.5 Å². The van der Waals surface area contributed by atoms with Gasteiger partial charge in [0.15, 0.2) is 5.78 Å². The molecular weight excluding hydrogens is 274 g/mol. The van der Waals surface area contributed by atoms with Gasteiger partial charge in [-0.25, -0.2) is 0 Å². The third-order valence-electron chi connectivity index (χ3n) is 3.33. The van der Waals surface area contributed by atoms with Crippen LogP contribution in [0, 0.1) is 0 Å². The van der Waals surface area contributed by atoms with Crippen molar-refractivity contribution in [3.63, 3.8) is 0 Å². The minimum Gasteiger partial charge on any atom is -0.292 e. The fraction of sp³-hybridized carbons (Fsp3) is 0.400. The van der Waals surface area contributed by atoms with Crippen LogP contribution in [0.3, 0.4) is 0 Å². The molecule has 0 N–H and O–H groups in total. The lowest BCUT2D eigenvalue weighted by atomic mass is 10.1. The second-order valence-corrected chi connectivity index (χ2v) is 5.16. The molecule has 0 aliphatic rings. The molecule has 0 spiro atoms. The summed E-state index contributed by atoms with van der Waals surface area (Å²) in [5, 5.41) is 5.00. The molecule has 0 aliphatic heterocycles. The number of rotatable bonds is 6. The first-order valence-corrected chi connectivity index (χ1v) is 7.20. The van der Waals surface area contributed by atoms with Gasteiger partial charge in [0.1, 0.15) is 5.69 Å². The zero-order valence-corrected chi connectivity index (χ0v) is 12.5. The highest BCUT2D eigenvalue weighted by molar-refractivity contribution is 6.30. The van der Waals surface area contributed by atoms with E-state index in [9.17, 15) is 4.79 Å². The average molecular weight is 292 g/mol. The van der Waals surface area contributed by atoms with Crippen LogP contribution in [0.15, 0.2) is 30.6 Å². The van der Waals surface area contributed by atoms with Crippen molar-refractivity contribution < 1.29 is 4.79 Å². The van der Waals surface area contributed by atoms with Gasteiger partial charge in [0.25, 0.3) is 0 Å². The highest BCUT2D eigenvalue weighted by atomic mass is 35.5. The van der Waals surface area contributed by atoms with Crippen LogP contribution in [0.4, 0.5) is 0 Å². The molecule has 4 nitrogen and oxygen atoms in total. The van der Waals surface area contributed by atoms with Crippen molar-refractivity contribution in [2.24, 2.45) is 0 Å². The molecule has 0 fully saturated rings. The molecule has 0 atom stereocenters. The Kier molecular flexibility index (Phi) is 4.90. The molecule has 2 rings (SSSR count).